The van der Waals surface area contributed by atoms with E-state index in [1.807, 2.05) is 24.4 Å². The summed E-state index contributed by atoms with van der Waals surface area (Å²) in [6, 6.07) is 12.4. The molecule has 0 saturated carbocycles. The summed E-state index contributed by atoms with van der Waals surface area (Å²) in [7, 11) is 0. The van der Waals surface area contributed by atoms with Crippen molar-refractivity contribution in [1.82, 2.24) is 14.3 Å². The molecule has 5 nitrogen and oxygen atoms in total. The van der Waals surface area contributed by atoms with Crippen molar-refractivity contribution in [3.63, 3.8) is 0 Å². The monoisotopic (exact) mass is 455 g/mol. The maximum absolute atomic E-state index is 13.0. The van der Waals surface area contributed by atoms with Crippen LogP contribution in [0.1, 0.15) is 24.8 Å². The van der Waals surface area contributed by atoms with Crippen molar-refractivity contribution in [3.8, 4) is 0 Å². The molecule has 0 atom stereocenters. The number of imidazole rings is 1. The zero-order valence-corrected chi connectivity index (χ0v) is 18.5. The van der Waals surface area contributed by atoms with E-state index in [9.17, 15) is 14.0 Å². The lowest BCUT2D eigenvalue weighted by molar-refractivity contribution is -0.122. The number of rotatable bonds is 9. The minimum Gasteiger partial charge on any atom is -0.294 e. The Balaban J connectivity index is 1.21. The van der Waals surface area contributed by atoms with Gasteiger partial charge in [0.2, 0.25) is 0 Å². The number of carbonyl (C=O) groups is 2. The van der Waals surface area contributed by atoms with E-state index in [1.54, 1.807) is 30.1 Å². The van der Waals surface area contributed by atoms with Crippen molar-refractivity contribution < 1.29 is 14.0 Å². The van der Waals surface area contributed by atoms with E-state index in [4.69, 9.17) is 0 Å². The number of carbonyl (C=O) groups excluding carboxylic acids is 2. The molecular weight excluding hydrogens is 433 g/mol. The highest BCUT2D eigenvalue weighted by molar-refractivity contribution is 8.18. The number of imide groups is 1. The van der Waals surface area contributed by atoms with Crippen LogP contribution in [0.25, 0.3) is 5.65 Å². The van der Waals surface area contributed by atoms with Gasteiger partial charge in [0.25, 0.3) is 11.1 Å². The zero-order valence-electron chi connectivity index (χ0n) is 16.9. The largest absolute Gasteiger partial charge is 0.294 e. The van der Waals surface area contributed by atoms with E-state index in [2.05, 4.69) is 15.5 Å². The third kappa shape index (κ3) is 5.37. The molecule has 3 heterocycles. The van der Waals surface area contributed by atoms with Crippen LogP contribution < -0.4 is 0 Å². The van der Waals surface area contributed by atoms with E-state index in [0.29, 0.717) is 24.3 Å². The smallest absolute Gasteiger partial charge is 0.293 e. The third-order valence-electron chi connectivity index (χ3n) is 4.97. The second kappa shape index (κ2) is 10.2. The number of thioether (sulfide) groups is 2. The minimum absolute atomic E-state index is 0.200. The molecule has 31 heavy (non-hydrogen) atoms. The first-order chi connectivity index (χ1) is 15.1. The maximum atomic E-state index is 13.0. The minimum atomic E-state index is -0.262. The molecule has 2 aromatic heterocycles. The quantitative estimate of drug-likeness (QED) is 0.240. The molecule has 4 rings (SSSR count). The summed E-state index contributed by atoms with van der Waals surface area (Å²) in [5.41, 5.74) is 1.93. The van der Waals surface area contributed by atoms with Crippen LogP contribution in [-0.4, -0.2) is 37.7 Å². The highest BCUT2D eigenvalue weighted by Crippen LogP contribution is 2.31. The Bertz CT molecular complexity index is 1110. The molecule has 8 heteroatoms. The molecule has 0 bridgehead atoms. The average molecular weight is 456 g/mol. The van der Waals surface area contributed by atoms with Crippen LogP contribution in [0.15, 0.2) is 70.9 Å². The first-order valence-electron chi connectivity index (χ1n) is 10.1. The lowest BCUT2D eigenvalue weighted by Gasteiger charge is -2.12. The molecule has 1 fully saturated rings. The zero-order chi connectivity index (χ0) is 21.6. The van der Waals surface area contributed by atoms with Crippen molar-refractivity contribution in [2.45, 2.75) is 30.7 Å². The van der Waals surface area contributed by atoms with E-state index in [-0.39, 0.29) is 17.0 Å². The summed E-state index contributed by atoms with van der Waals surface area (Å²) in [6.45, 7) is 0.440. The van der Waals surface area contributed by atoms with Gasteiger partial charge in [-0.05, 0) is 73.0 Å². The number of amides is 2. The molecule has 1 saturated heterocycles. The fraction of sp³-hybridized carbons (Fsp3) is 0.261. The van der Waals surface area contributed by atoms with Gasteiger partial charge in [-0.2, -0.15) is 0 Å². The van der Waals surface area contributed by atoms with Gasteiger partial charge in [-0.1, -0.05) is 24.3 Å². The number of aryl methyl sites for hydroxylation is 1. The fourth-order valence-electron chi connectivity index (χ4n) is 3.34. The molecule has 0 spiro atoms. The summed E-state index contributed by atoms with van der Waals surface area (Å²) in [5.74, 6) is 0.438. The SMILES string of the molecule is O=C1S/C(=C/CCc2ccc(F)cc2)C(=O)N1CCCCSc1cccc2nccn12. The predicted molar refractivity (Wildman–Crippen MR) is 123 cm³/mol. The normalized spacial score (nSPS) is 15.5. The fourth-order valence-corrected chi connectivity index (χ4v) is 5.24. The number of hydrogen-bond donors (Lipinski definition) is 0. The predicted octanol–water partition coefficient (Wildman–Crippen LogP) is 5.56. The molecule has 1 aliphatic rings. The van der Waals surface area contributed by atoms with Crippen molar-refractivity contribution in [1.29, 1.82) is 0 Å². The molecule has 2 amide bonds. The van der Waals surface area contributed by atoms with Gasteiger partial charge in [-0.3, -0.25) is 18.9 Å². The molecule has 1 aliphatic heterocycles. The van der Waals surface area contributed by atoms with E-state index >= 15 is 0 Å². The molecular formula is C23H22FN3O2S2. The van der Waals surface area contributed by atoms with Gasteiger partial charge in [0.15, 0.2) is 0 Å². The van der Waals surface area contributed by atoms with Crippen molar-refractivity contribution in [2.75, 3.05) is 12.3 Å². The number of benzene rings is 1. The third-order valence-corrected chi connectivity index (χ3v) is 7.04. The number of aromatic nitrogens is 2. The lowest BCUT2D eigenvalue weighted by atomic mass is 10.1. The average Bonchev–Trinajstić information content (AvgIpc) is 3.35. The van der Waals surface area contributed by atoms with Gasteiger partial charge in [0, 0.05) is 18.9 Å². The highest BCUT2D eigenvalue weighted by atomic mass is 32.2. The van der Waals surface area contributed by atoms with Crippen LogP contribution >= 0.6 is 23.5 Å². The van der Waals surface area contributed by atoms with Crippen LogP contribution in [0.4, 0.5) is 9.18 Å². The molecule has 1 aromatic carbocycles. The summed E-state index contributed by atoms with van der Waals surface area (Å²) in [5, 5.41) is 0.930. The van der Waals surface area contributed by atoms with Gasteiger partial charge in [0.05, 0.1) is 9.93 Å². The second-order valence-corrected chi connectivity index (χ2v) is 9.24. The standard InChI is InChI=1S/C23H22FN3O2S2/c24-18-11-9-17(10-12-18)5-3-6-19-22(28)27(23(29)31-19)14-1-2-16-30-21-8-4-7-20-25-13-15-26(20)21/h4,6-13,15H,1-3,5,14,16H2/b19-6+. The Morgan fingerprint density at radius 3 is 2.77 bits per heavy atom. The topological polar surface area (TPSA) is 54.7 Å². The molecule has 0 radical (unpaired) electrons. The Morgan fingerprint density at radius 2 is 1.94 bits per heavy atom. The second-order valence-electron chi connectivity index (χ2n) is 7.13. The summed E-state index contributed by atoms with van der Waals surface area (Å²) in [4.78, 5) is 30.9. The van der Waals surface area contributed by atoms with Gasteiger partial charge in [0.1, 0.15) is 11.5 Å². The van der Waals surface area contributed by atoms with Crippen molar-refractivity contribution in [2.24, 2.45) is 0 Å². The van der Waals surface area contributed by atoms with Crippen molar-refractivity contribution >= 4 is 40.3 Å². The summed E-state index contributed by atoms with van der Waals surface area (Å²) < 4.78 is 15.0. The number of allylic oxidation sites excluding steroid dienone is 1. The highest BCUT2D eigenvalue weighted by Gasteiger charge is 2.34. The van der Waals surface area contributed by atoms with E-state index in [0.717, 1.165) is 46.6 Å². The van der Waals surface area contributed by atoms with Gasteiger partial charge >= 0.3 is 0 Å². The Hall–Kier alpha value is -2.58. The Labute approximate surface area is 188 Å². The van der Waals surface area contributed by atoms with Crippen LogP contribution in [0.5, 0.6) is 0 Å². The van der Waals surface area contributed by atoms with Crippen molar-refractivity contribution in [3.05, 3.63) is 77.2 Å². The lowest BCUT2D eigenvalue weighted by Crippen LogP contribution is -2.29. The van der Waals surface area contributed by atoms with Crippen LogP contribution in [0, 0.1) is 5.82 Å². The van der Waals surface area contributed by atoms with Gasteiger partial charge in [-0.25, -0.2) is 9.37 Å². The molecule has 160 valence electrons. The van der Waals surface area contributed by atoms with Crippen LogP contribution in [0.3, 0.4) is 0 Å². The van der Waals surface area contributed by atoms with Gasteiger partial charge < -0.3 is 0 Å². The number of nitrogens with zero attached hydrogens (tertiary/aromatic N) is 3. The Kier molecular flexibility index (Phi) is 7.09. The summed E-state index contributed by atoms with van der Waals surface area (Å²) >= 11 is 2.75. The summed E-state index contributed by atoms with van der Waals surface area (Å²) in [6.07, 6.45) is 8.56. The van der Waals surface area contributed by atoms with Gasteiger partial charge in [-0.15, -0.1) is 11.8 Å². The first-order valence-corrected chi connectivity index (χ1v) is 12.0. The first kappa shape index (κ1) is 21.6. The number of fused-ring (bicyclic) bond motifs is 1. The van der Waals surface area contributed by atoms with E-state index < -0.39 is 0 Å². The number of halogens is 1. The number of hydrogen-bond acceptors (Lipinski definition) is 5. The Morgan fingerprint density at radius 1 is 1.10 bits per heavy atom. The van der Waals surface area contributed by atoms with Crippen LogP contribution in [-0.2, 0) is 11.2 Å². The number of pyridine rings is 1. The van der Waals surface area contributed by atoms with Crippen LogP contribution in [0.2, 0.25) is 0 Å². The molecule has 0 aliphatic carbocycles. The molecule has 0 N–H and O–H groups in total. The maximum Gasteiger partial charge on any atom is 0.293 e. The number of unbranched alkanes of at least 4 members (excludes halogenated alkanes) is 1. The van der Waals surface area contributed by atoms with E-state index in [1.165, 1.54) is 17.0 Å². The molecule has 3 aromatic rings. The molecule has 0 unspecified atom stereocenters.